The summed E-state index contributed by atoms with van der Waals surface area (Å²) in [7, 11) is -1.52. The fraction of sp³-hybridized carbons (Fsp3) is 0.211. The van der Waals surface area contributed by atoms with Gasteiger partial charge in [-0.25, -0.2) is 4.79 Å². The highest BCUT2D eigenvalue weighted by Crippen LogP contribution is 2.21. The van der Waals surface area contributed by atoms with Crippen molar-refractivity contribution in [3.63, 3.8) is 0 Å². The molecule has 0 aliphatic carbocycles. The first kappa shape index (κ1) is 16.9. The van der Waals surface area contributed by atoms with Crippen molar-refractivity contribution in [2.24, 2.45) is 0 Å². The molecule has 0 atom stereocenters. The van der Waals surface area contributed by atoms with Crippen LogP contribution in [0.5, 0.6) is 5.75 Å². The summed E-state index contributed by atoms with van der Waals surface area (Å²) in [6, 6.07) is 14.6. The zero-order valence-corrected chi connectivity index (χ0v) is 14.6. The van der Waals surface area contributed by atoms with Crippen LogP contribution in [0, 0.1) is 11.5 Å². The molecule has 0 spiro atoms. The van der Waals surface area contributed by atoms with Crippen molar-refractivity contribution in [1.29, 1.82) is 0 Å². The molecule has 0 bridgehead atoms. The molecule has 1 N–H and O–H groups in total. The van der Waals surface area contributed by atoms with Gasteiger partial charge in [0.25, 0.3) is 0 Å². The van der Waals surface area contributed by atoms with Gasteiger partial charge in [-0.05, 0) is 23.8 Å². The molecule has 4 heteroatoms. The summed E-state index contributed by atoms with van der Waals surface area (Å²) < 4.78 is 5.83. The minimum absolute atomic E-state index is 0.201. The maximum absolute atomic E-state index is 11.2. The molecule has 2 rings (SSSR count). The van der Waals surface area contributed by atoms with Crippen molar-refractivity contribution in [3.05, 3.63) is 65.2 Å². The van der Waals surface area contributed by atoms with Crippen molar-refractivity contribution < 1.29 is 14.6 Å². The van der Waals surface area contributed by atoms with Crippen LogP contribution in [0.2, 0.25) is 19.6 Å². The predicted molar refractivity (Wildman–Crippen MR) is 94.4 cm³/mol. The number of carbonyl (C=O) groups is 1. The van der Waals surface area contributed by atoms with Crippen LogP contribution in [0.4, 0.5) is 0 Å². The van der Waals surface area contributed by atoms with Crippen LogP contribution in [0.3, 0.4) is 0 Å². The number of rotatable bonds is 4. The molecular weight excluding hydrogens is 304 g/mol. The van der Waals surface area contributed by atoms with Gasteiger partial charge in [-0.15, -0.1) is 5.54 Å². The van der Waals surface area contributed by atoms with E-state index in [1.54, 1.807) is 18.2 Å². The number of carboxylic acids is 1. The van der Waals surface area contributed by atoms with Gasteiger partial charge >= 0.3 is 5.97 Å². The van der Waals surface area contributed by atoms with Crippen molar-refractivity contribution in [1.82, 2.24) is 0 Å². The van der Waals surface area contributed by atoms with E-state index in [9.17, 15) is 4.79 Å². The Balaban J connectivity index is 2.30. The smallest absolute Gasteiger partial charge is 0.335 e. The molecule has 0 aromatic heterocycles. The monoisotopic (exact) mass is 324 g/mol. The average Bonchev–Trinajstić information content (AvgIpc) is 2.51. The zero-order valence-electron chi connectivity index (χ0n) is 13.6. The normalized spacial score (nSPS) is 10.6. The summed E-state index contributed by atoms with van der Waals surface area (Å²) >= 11 is 0. The Bertz CT molecular complexity index is 750. The summed E-state index contributed by atoms with van der Waals surface area (Å²) in [5.41, 5.74) is 5.24. The molecule has 0 aliphatic rings. The van der Waals surface area contributed by atoms with Gasteiger partial charge < -0.3 is 9.84 Å². The lowest BCUT2D eigenvalue weighted by Gasteiger charge is -2.10. The number of aromatic carboxylic acids is 1. The Hall–Kier alpha value is -2.51. The first-order valence-electron chi connectivity index (χ1n) is 7.42. The van der Waals surface area contributed by atoms with Crippen molar-refractivity contribution in [2.45, 2.75) is 26.2 Å². The quantitative estimate of drug-likeness (QED) is 0.677. The van der Waals surface area contributed by atoms with Crippen LogP contribution in [0.25, 0.3) is 0 Å². The Kier molecular flexibility index (Phi) is 5.25. The first-order chi connectivity index (χ1) is 10.8. The lowest BCUT2D eigenvalue weighted by atomic mass is 10.1. The van der Waals surface area contributed by atoms with Crippen LogP contribution in [0.1, 0.15) is 21.5 Å². The molecule has 0 fully saturated rings. The Morgan fingerprint density at radius 2 is 1.83 bits per heavy atom. The van der Waals surface area contributed by atoms with E-state index < -0.39 is 14.0 Å². The first-order valence-corrected chi connectivity index (χ1v) is 10.9. The van der Waals surface area contributed by atoms with Crippen LogP contribution >= 0.6 is 0 Å². The second-order valence-electron chi connectivity index (χ2n) is 6.29. The largest absolute Gasteiger partial charge is 0.488 e. The number of hydrogen-bond donors (Lipinski definition) is 1. The maximum atomic E-state index is 11.2. The van der Waals surface area contributed by atoms with Gasteiger partial charge in [0.1, 0.15) is 20.4 Å². The van der Waals surface area contributed by atoms with Crippen LogP contribution in [0.15, 0.2) is 48.5 Å². The minimum Gasteiger partial charge on any atom is -0.488 e. The highest BCUT2D eigenvalue weighted by atomic mass is 28.3. The summed E-state index contributed by atoms with van der Waals surface area (Å²) in [5.74, 6) is 2.69. The molecule has 23 heavy (non-hydrogen) atoms. The van der Waals surface area contributed by atoms with Crippen LogP contribution in [-0.2, 0) is 6.61 Å². The lowest BCUT2D eigenvalue weighted by molar-refractivity contribution is 0.0696. The molecular formula is C19H20O3Si. The van der Waals surface area contributed by atoms with E-state index in [1.807, 2.05) is 30.3 Å². The van der Waals surface area contributed by atoms with Crippen LogP contribution in [-0.4, -0.2) is 19.1 Å². The predicted octanol–water partition coefficient (Wildman–Crippen LogP) is 4.19. The van der Waals surface area contributed by atoms with E-state index in [-0.39, 0.29) is 5.56 Å². The molecule has 0 amide bonds. The minimum atomic E-state index is -1.52. The van der Waals surface area contributed by atoms with Gasteiger partial charge in [-0.1, -0.05) is 55.9 Å². The third-order valence-electron chi connectivity index (χ3n) is 3.04. The molecule has 118 valence electrons. The lowest BCUT2D eigenvalue weighted by Crippen LogP contribution is -2.16. The molecule has 0 unspecified atom stereocenters. The Morgan fingerprint density at radius 3 is 2.43 bits per heavy atom. The third-order valence-corrected chi connectivity index (χ3v) is 3.91. The van der Waals surface area contributed by atoms with Crippen molar-refractivity contribution >= 4 is 14.0 Å². The highest BCUT2D eigenvalue weighted by Gasteiger charge is 2.11. The van der Waals surface area contributed by atoms with E-state index in [2.05, 4.69) is 31.1 Å². The standard InChI is InChI=1S/C19H20O3Si/c1-23(2,3)12-11-16-9-10-17(19(20)21)13-18(16)22-14-15-7-5-4-6-8-15/h4-10,13H,14H2,1-3H3,(H,20,21). The zero-order chi connectivity index (χ0) is 16.9. The molecule has 0 radical (unpaired) electrons. The molecule has 2 aromatic rings. The van der Waals surface area contributed by atoms with Crippen molar-refractivity contribution in [2.75, 3.05) is 0 Å². The highest BCUT2D eigenvalue weighted by molar-refractivity contribution is 6.83. The average molecular weight is 324 g/mol. The second kappa shape index (κ2) is 7.17. The van der Waals surface area contributed by atoms with Gasteiger partial charge in [0.15, 0.2) is 0 Å². The Morgan fingerprint density at radius 1 is 1.13 bits per heavy atom. The molecule has 0 heterocycles. The number of carboxylic acid groups (broad SMARTS) is 1. The summed E-state index contributed by atoms with van der Waals surface area (Å²) in [5, 5.41) is 9.16. The number of ether oxygens (including phenoxy) is 1. The SMILES string of the molecule is C[Si](C)(C)C#Cc1ccc(C(=O)O)cc1OCc1ccccc1. The van der Waals surface area contributed by atoms with Gasteiger partial charge in [0.05, 0.1) is 11.1 Å². The second-order valence-corrected chi connectivity index (χ2v) is 11.0. The van der Waals surface area contributed by atoms with Crippen LogP contribution < -0.4 is 4.74 Å². The maximum Gasteiger partial charge on any atom is 0.335 e. The Labute approximate surface area is 137 Å². The summed E-state index contributed by atoms with van der Waals surface area (Å²) in [4.78, 5) is 11.2. The van der Waals surface area contributed by atoms with Gasteiger partial charge in [-0.2, -0.15) is 0 Å². The van der Waals surface area contributed by atoms with E-state index in [1.165, 1.54) is 0 Å². The molecule has 2 aromatic carbocycles. The number of hydrogen-bond acceptors (Lipinski definition) is 2. The summed E-state index contributed by atoms with van der Waals surface area (Å²) in [6.07, 6.45) is 0. The van der Waals surface area contributed by atoms with Gasteiger partial charge in [0, 0.05) is 0 Å². The molecule has 0 saturated heterocycles. The van der Waals surface area contributed by atoms with Crippen molar-refractivity contribution in [3.8, 4) is 17.2 Å². The van der Waals surface area contributed by atoms with Gasteiger partial charge in [-0.3, -0.25) is 0 Å². The van der Waals surface area contributed by atoms with Gasteiger partial charge in [0.2, 0.25) is 0 Å². The summed E-state index contributed by atoms with van der Waals surface area (Å²) in [6.45, 7) is 6.87. The third kappa shape index (κ3) is 5.31. The number of benzene rings is 2. The van der Waals surface area contributed by atoms with E-state index in [4.69, 9.17) is 9.84 Å². The molecule has 0 saturated carbocycles. The fourth-order valence-electron chi connectivity index (χ4n) is 1.87. The molecule has 0 aliphatic heterocycles. The van der Waals surface area contributed by atoms with E-state index in [0.717, 1.165) is 11.1 Å². The fourth-order valence-corrected chi connectivity index (χ4v) is 2.38. The topological polar surface area (TPSA) is 46.5 Å². The van der Waals surface area contributed by atoms with E-state index >= 15 is 0 Å². The van der Waals surface area contributed by atoms with E-state index in [0.29, 0.717) is 12.4 Å². The molecule has 3 nitrogen and oxygen atoms in total.